The molecule has 0 bridgehead atoms. The summed E-state index contributed by atoms with van der Waals surface area (Å²) in [6.45, 7) is 3.78. The van der Waals surface area contributed by atoms with Gasteiger partial charge < -0.3 is 15.4 Å². The van der Waals surface area contributed by atoms with Crippen LogP contribution in [0.2, 0.25) is 5.02 Å². The van der Waals surface area contributed by atoms with Crippen LogP contribution in [0.4, 0.5) is 10.5 Å². The topological polar surface area (TPSA) is 53.6 Å². The highest BCUT2D eigenvalue weighted by Gasteiger charge is 2.23. The number of morpholine rings is 1. The number of benzene rings is 1. The van der Waals surface area contributed by atoms with Crippen molar-refractivity contribution in [2.75, 3.05) is 38.2 Å². The average Bonchev–Trinajstić information content (AvgIpc) is 3.12. The van der Waals surface area contributed by atoms with Gasteiger partial charge in [-0.1, -0.05) is 17.7 Å². The smallest absolute Gasteiger partial charge is 0.319 e. The molecule has 2 amide bonds. The number of carbonyl (C=O) groups is 1. The second-order valence-electron chi connectivity index (χ2n) is 5.52. The summed E-state index contributed by atoms with van der Waals surface area (Å²) >= 11 is 7.56. The van der Waals surface area contributed by atoms with Gasteiger partial charge in [-0.3, -0.25) is 4.90 Å². The Hall–Kier alpha value is -1.60. The van der Waals surface area contributed by atoms with E-state index in [1.807, 2.05) is 6.07 Å². The number of anilines is 1. The van der Waals surface area contributed by atoms with Crippen LogP contribution in [0.5, 0.6) is 0 Å². The predicted molar refractivity (Wildman–Crippen MR) is 97.9 cm³/mol. The Morgan fingerprint density at radius 3 is 2.67 bits per heavy atom. The van der Waals surface area contributed by atoms with Crippen molar-refractivity contribution < 1.29 is 9.53 Å². The van der Waals surface area contributed by atoms with Gasteiger partial charge in [-0.25, -0.2) is 4.79 Å². The van der Waals surface area contributed by atoms with Crippen LogP contribution in [0, 0.1) is 0 Å². The molecule has 2 heterocycles. The third-order valence-corrected chi connectivity index (χ3v) is 5.14. The first-order valence-corrected chi connectivity index (χ1v) is 9.14. The van der Waals surface area contributed by atoms with E-state index < -0.39 is 0 Å². The van der Waals surface area contributed by atoms with Crippen molar-refractivity contribution >= 4 is 34.7 Å². The van der Waals surface area contributed by atoms with E-state index in [1.165, 1.54) is 4.88 Å². The maximum atomic E-state index is 12.2. The van der Waals surface area contributed by atoms with Crippen molar-refractivity contribution in [1.82, 2.24) is 10.2 Å². The molecule has 7 heteroatoms. The summed E-state index contributed by atoms with van der Waals surface area (Å²) in [5.41, 5.74) is 0.718. The lowest BCUT2D eigenvalue weighted by Gasteiger charge is -2.34. The van der Waals surface area contributed by atoms with Gasteiger partial charge in [0, 0.05) is 35.2 Å². The highest BCUT2D eigenvalue weighted by molar-refractivity contribution is 7.10. The summed E-state index contributed by atoms with van der Waals surface area (Å²) < 4.78 is 5.43. The normalized spacial score (nSPS) is 16.5. The van der Waals surface area contributed by atoms with Gasteiger partial charge in [0.2, 0.25) is 0 Å². The molecule has 2 N–H and O–H groups in total. The quantitative estimate of drug-likeness (QED) is 0.851. The van der Waals surface area contributed by atoms with Crippen molar-refractivity contribution in [3.8, 4) is 0 Å². The summed E-state index contributed by atoms with van der Waals surface area (Å²) in [4.78, 5) is 15.8. The van der Waals surface area contributed by atoms with Crippen molar-refractivity contribution in [3.05, 3.63) is 51.7 Å². The van der Waals surface area contributed by atoms with Gasteiger partial charge in [-0.05, 0) is 35.7 Å². The first-order chi connectivity index (χ1) is 11.7. The van der Waals surface area contributed by atoms with Crippen molar-refractivity contribution in [2.24, 2.45) is 0 Å². The maximum Gasteiger partial charge on any atom is 0.319 e. The molecule has 1 aromatic heterocycles. The minimum atomic E-state index is -0.216. The lowest BCUT2D eigenvalue weighted by molar-refractivity contribution is 0.0175. The number of hydrogen-bond acceptors (Lipinski definition) is 4. The molecule has 2 aromatic rings. The van der Waals surface area contributed by atoms with Crippen LogP contribution in [0.15, 0.2) is 41.8 Å². The second kappa shape index (κ2) is 8.48. The number of halogens is 1. The molecule has 1 saturated heterocycles. The average molecular weight is 366 g/mol. The molecular weight excluding hydrogens is 346 g/mol. The Morgan fingerprint density at radius 1 is 1.25 bits per heavy atom. The minimum Gasteiger partial charge on any atom is -0.379 e. The summed E-state index contributed by atoms with van der Waals surface area (Å²) in [7, 11) is 0. The molecule has 24 heavy (non-hydrogen) atoms. The van der Waals surface area contributed by atoms with Crippen LogP contribution >= 0.6 is 22.9 Å². The Kier molecular flexibility index (Phi) is 6.09. The van der Waals surface area contributed by atoms with E-state index in [9.17, 15) is 4.79 Å². The Morgan fingerprint density at radius 2 is 2.00 bits per heavy atom. The Labute approximate surface area is 150 Å². The zero-order valence-corrected chi connectivity index (χ0v) is 14.8. The number of urea groups is 1. The van der Waals surface area contributed by atoms with Crippen molar-refractivity contribution in [3.63, 3.8) is 0 Å². The number of nitrogens with one attached hydrogen (secondary N) is 2. The maximum absolute atomic E-state index is 12.2. The van der Waals surface area contributed by atoms with Gasteiger partial charge in [0.05, 0.1) is 19.3 Å². The summed E-state index contributed by atoms with van der Waals surface area (Å²) in [5.74, 6) is 0. The van der Waals surface area contributed by atoms with E-state index in [0.29, 0.717) is 11.6 Å². The zero-order valence-electron chi connectivity index (χ0n) is 13.2. The van der Waals surface area contributed by atoms with Crippen molar-refractivity contribution in [1.29, 1.82) is 0 Å². The van der Waals surface area contributed by atoms with E-state index in [-0.39, 0.29) is 12.1 Å². The second-order valence-corrected chi connectivity index (χ2v) is 6.94. The number of hydrogen-bond donors (Lipinski definition) is 2. The monoisotopic (exact) mass is 365 g/mol. The predicted octanol–water partition coefficient (Wildman–Crippen LogP) is 3.60. The molecule has 128 valence electrons. The van der Waals surface area contributed by atoms with Gasteiger partial charge >= 0.3 is 6.03 Å². The molecule has 1 fully saturated rings. The number of amides is 2. The molecule has 1 aliphatic rings. The van der Waals surface area contributed by atoms with E-state index in [4.69, 9.17) is 16.3 Å². The fourth-order valence-corrected chi connectivity index (χ4v) is 3.66. The SMILES string of the molecule is O=C(NC[C@H](c1cccs1)N1CCOCC1)Nc1ccc(Cl)cc1. The molecule has 1 aromatic carbocycles. The van der Waals surface area contributed by atoms with Gasteiger partial charge in [0.15, 0.2) is 0 Å². The van der Waals surface area contributed by atoms with Crippen LogP contribution in [-0.2, 0) is 4.74 Å². The van der Waals surface area contributed by atoms with E-state index in [0.717, 1.165) is 32.0 Å². The molecule has 0 radical (unpaired) electrons. The molecular formula is C17H20ClN3O2S. The van der Waals surface area contributed by atoms with E-state index in [2.05, 4.69) is 27.0 Å². The highest BCUT2D eigenvalue weighted by Crippen LogP contribution is 2.25. The largest absolute Gasteiger partial charge is 0.379 e. The fourth-order valence-electron chi connectivity index (χ4n) is 2.68. The molecule has 1 aliphatic heterocycles. The lowest BCUT2D eigenvalue weighted by atomic mass is 10.2. The number of thiophene rings is 1. The van der Waals surface area contributed by atoms with Gasteiger partial charge in [0.25, 0.3) is 0 Å². The van der Waals surface area contributed by atoms with Crippen molar-refractivity contribution in [2.45, 2.75) is 6.04 Å². The highest BCUT2D eigenvalue weighted by atomic mass is 35.5. The lowest BCUT2D eigenvalue weighted by Crippen LogP contribution is -2.44. The Bertz CT molecular complexity index is 642. The molecule has 0 aliphatic carbocycles. The van der Waals surface area contributed by atoms with Gasteiger partial charge in [0.1, 0.15) is 0 Å². The molecule has 0 unspecified atom stereocenters. The molecule has 5 nitrogen and oxygen atoms in total. The zero-order chi connectivity index (χ0) is 16.8. The number of rotatable bonds is 5. The fraction of sp³-hybridized carbons (Fsp3) is 0.353. The van der Waals surface area contributed by atoms with Gasteiger partial charge in [-0.2, -0.15) is 0 Å². The standard InChI is InChI=1S/C17H20ClN3O2S/c18-13-3-5-14(6-4-13)20-17(22)19-12-15(16-2-1-11-24-16)21-7-9-23-10-8-21/h1-6,11,15H,7-10,12H2,(H2,19,20,22)/t15-/m1/s1. The summed E-state index contributed by atoms with van der Waals surface area (Å²) in [6.07, 6.45) is 0. The Balaban J connectivity index is 1.58. The van der Waals surface area contributed by atoms with E-state index >= 15 is 0 Å². The first-order valence-electron chi connectivity index (χ1n) is 7.88. The summed E-state index contributed by atoms with van der Waals surface area (Å²) in [6, 6.07) is 11.2. The molecule has 3 rings (SSSR count). The van der Waals surface area contributed by atoms with Crippen LogP contribution in [-0.4, -0.2) is 43.8 Å². The van der Waals surface area contributed by atoms with Crippen LogP contribution in [0.1, 0.15) is 10.9 Å². The van der Waals surface area contributed by atoms with Crippen LogP contribution < -0.4 is 10.6 Å². The first kappa shape index (κ1) is 17.2. The third-order valence-electron chi connectivity index (χ3n) is 3.92. The molecule has 1 atom stereocenters. The summed E-state index contributed by atoms with van der Waals surface area (Å²) in [5, 5.41) is 8.51. The van der Waals surface area contributed by atoms with Gasteiger partial charge in [-0.15, -0.1) is 11.3 Å². The van der Waals surface area contributed by atoms with Crippen LogP contribution in [0.3, 0.4) is 0 Å². The number of carbonyl (C=O) groups excluding carboxylic acids is 1. The number of ether oxygens (including phenoxy) is 1. The molecule has 0 saturated carbocycles. The minimum absolute atomic E-state index is 0.171. The third kappa shape index (κ3) is 4.70. The van der Waals surface area contributed by atoms with E-state index in [1.54, 1.807) is 35.6 Å². The van der Waals surface area contributed by atoms with Crippen LogP contribution in [0.25, 0.3) is 0 Å². The number of nitrogens with zero attached hydrogens (tertiary/aromatic N) is 1. The molecule has 0 spiro atoms.